The third-order valence-electron chi connectivity index (χ3n) is 3.38. The maximum atomic E-state index is 12.2. The number of carbonyl (C=O) groups is 1. The zero-order chi connectivity index (χ0) is 18.0. The number of primary sulfonamides is 1. The Kier molecular flexibility index (Phi) is 5.00. The van der Waals surface area contributed by atoms with Crippen LogP contribution in [-0.2, 0) is 16.6 Å². The van der Waals surface area contributed by atoms with Crippen LogP contribution in [0.2, 0.25) is 0 Å². The Hall–Kier alpha value is -2.07. The molecule has 0 atom stereocenters. The average molecular weight is 394 g/mol. The second kappa shape index (κ2) is 7.04. The lowest BCUT2D eigenvalue weighted by Crippen LogP contribution is -2.22. The fourth-order valence-electron chi connectivity index (χ4n) is 2.07. The van der Waals surface area contributed by atoms with Crippen LogP contribution in [0.5, 0.6) is 0 Å². The third kappa shape index (κ3) is 4.31. The molecule has 0 aliphatic rings. The van der Waals surface area contributed by atoms with Gasteiger partial charge in [-0.05, 0) is 19.1 Å². The minimum atomic E-state index is -3.71. The molecule has 3 N–H and O–H groups in total. The fraction of sp³-hybridized carbons (Fsp3) is 0.125. The van der Waals surface area contributed by atoms with Gasteiger partial charge in [-0.25, -0.2) is 18.5 Å². The average Bonchev–Trinajstić information content (AvgIpc) is 3.22. The van der Waals surface area contributed by atoms with Crippen LogP contribution in [-0.4, -0.2) is 19.3 Å². The normalized spacial score (nSPS) is 11.4. The van der Waals surface area contributed by atoms with Crippen molar-refractivity contribution < 1.29 is 13.2 Å². The molecule has 0 bridgehead atoms. The molecule has 0 unspecified atom stereocenters. The van der Waals surface area contributed by atoms with E-state index in [2.05, 4.69) is 10.3 Å². The molecule has 0 radical (unpaired) electrons. The summed E-state index contributed by atoms with van der Waals surface area (Å²) in [6, 6.07) is 11.0. The van der Waals surface area contributed by atoms with E-state index < -0.39 is 10.0 Å². The maximum absolute atomic E-state index is 12.2. The first kappa shape index (κ1) is 17.7. The van der Waals surface area contributed by atoms with Gasteiger partial charge >= 0.3 is 0 Å². The van der Waals surface area contributed by atoms with Crippen LogP contribution in [0.4, 0.5) is 0 Å². The summed E-state index contributed by atoms with van der Waals surface area (Å²) < 4.78 is 22.6. The van der Waals surface area contributed by atoms with Crippen molar-refractivity contribution in [3.63, 3.8) is 0 Å². The van der Waals surface area contributed by atoms with Gasteiger partial charge in [-0.3, -0.25) is 4.79 Å². The number of aromatic nitrogens is 1. The highest BCUT2D eigenvalue weighted by Crippen LogP contribution is 2.24. The predicted octanol–water partition coefficient (Wildman–Crippen LogP) is 2.76. The third-order valence-corrected chi connectivity index (χ3v) is 6.79. The first-order chi connectivity index (χ1) is 11.8. The number of rotatable bonds is 5. The molecule has 0 fully saturated rings. The van der Waals surface area contributed by atoms with Crippen molar-refractivity contribution in [1.82, 2.24) is 10.3 Å². The number of hydrogen-bond donors (Lipinski definition) is 2. The smallest absolute Gasteiger partial charge is 0.271 e. The molecule has 0 aliphatic heterocycles. The molecule has 9 heteroatoms. The number of nitrogens with one attached hydrogen (secondary N) is 1. The Morgan fingerprint density at radius 1 is 1.20 bits per heavy atom. The molecule has 2 heterocycles. The summed E-state index contributed by atoms with van der Waals surface area (Å²) in [5, 5.41) is 10.3. The van der Waals surface area contributed by atoms with Gasteiger partial charge in [0, 0.05) is 15.8 Å². The van der Waals surface area contributed by atoms with Crippen molar-refractivity contribution >= 4 is 38.6 Å². The molecular formula is C16H15N3O3S3. The highest BCUT2D eigenvalue weighted by atomic mass is 32.2. The van der Waals surface area contributed by atoms with Crippen molar-refractivity contribution in [2.24, 2.45) is 5.14 Å². The number of carbonyl (C=O) groups excluding carboxylic acids is 1. The van der Waals surface area contributed by atoms with Crippen molar-refractivity contribution in [3.05, 3.63) is 57.9 Å². The Morgan fingerprint density at radius 2 is 1.92 bits per heavy atom. The van der Waals surface area contributed by atoms with Gasteiger partial charge in [0.15, 0.2) is 0 Å². The van der Waals surface area contributed by atoms with Crippen LogP contribution in [0.3, 0.4) is 0 Å². The maximum Gasteiger partial charge on any atom is 0.271 e. The number of benzene rings is 1. The summed E-state index contributed by atoms with van der Waals surface area (Å²) in [5.41, 5.74) is 2.46. The molecule has 0 aliphatic carbocycles. The number of nitrogens with two attached hydrogens (primary N) is 1. The lowest BCUT2D eigenvalue weighted by molar-refractivity contribution is 0.0947. The van der Waals surface area contributed by atoms with E-state index in [9.17, 15) is 13.2 Å². The number of sulfonamides is 1. The topological polar surface area (TPSA) is 102 Å². The number of hydrogen-bond acceptors (Lipinski definition) is 6. The van der Waals surface area contributed by atoms with Gasteiger partial charge < -0.3 is 5.32 Å². The van der Waals surface area contributed by atoms with Gasteiger partial charge in [-0.15, -0.1) is 22.7 Å². The Bertz CT molecular complexity index is 1000. The molecule has 1 amide bonds. The second-order valence-corrected chi connectivity index (χ2v) is 9.17. The van der Waals surface area contributed by atoms with Gasteiger partial charge in [0.05, 0.1) is 6.54 Å². The van der Waals surface area contributed by atoms with E-state index in [-0.39, 0.29) is 16.7 Å². The first-order valence-corrected chi connectivity index (χ1v) is 10.5. The van der Waals surface area contributed by atoms with Crippen molar-refractivity contribution in [2.45, 2.75) is 17.7 Å². The molecule has 2 aromatic heterocycles. The van der Waals surface area contributed by atoms with E-state index in [1.807, 2.05) is 31.2 Å². The highest BCUT2D eigenvalue weighted by Gasteiger charge is 2.14. The second-order valence-electron chi connectivity index (χ2n) is 5.35. The van der Waals surface area contributed by atoms with E-state index in [1.54, 1.807) is 11.4 Å². The van der Waals surface area contributed by atoms with Crippen LogP contribution >= 0.6 is 22.7 Å². The molecule has 6 nitrogen and oxygen atoms in total. The zero-order valence-corrected chi connectivity index (χ0v) is 15.7. The molecule has 0 saturated heterocycles. The molecule has 1 aromatic carbocycles. The largest absolute Gasteiger partial charge is 0.346 e. The summed E-state index contributed by atoms with van der Waals surface area (Å²) in [6.07, 6.45) is 0. The summed E-state index contributed by atoms with van der Waals surface area (Å²) in [4.78, 5) is 17.3. The molecule has 25 heavy (non-hydrogen) atoms. The van der Waals surface area contributed by atoms with E-state index in [0.29, 0.717) is 10.6 Å². The quantitative estimate of drug-likeness (QED) is 0.696. The molecular weight excluding hydrogens is 378 g/mol. The predicted molar refractivity (Wildman–Crippen MR) is 99.1 cm³/mol. The van der Waals surface area contributed by atoms with E-state index in [1.165, 1.54) is 17.4 Å². The van der Waals surface area contributed by atoms with Crippen molar-refractivity contribution in [2.75, 3.05) is 0 Å². The van der Waals surface area contributed by atoms with Crippen LogP contribution < -0.4 is 10.5 Å². The standard InChI is InChI=1S/C16H15N3O3S3/c1-10-2-4-11(5-3-10)16-19-13(9-23-16)15(20)18-8-12-6-7-14(24-12)25(17,21)22/h2-7,9H,8H2,1H3,(H,18,20)(H2,17,21,22). The van der Waals surface area contributed by atoms with Crippen molar-refractivity contribution in [3.8, 4) is 10.6 Å². The van der Waals surface area contributed by atoms with Crippen LogP contribution in [0, 0.1) is 6.92 Å². The van der Waals surface area contributed by atoms with E-state index in [0.717, 1.165) is 27.5 Å². The summed E-state index contributed by atoms with van der Waals surface area (Å²) in [6.45, 7) is 2.23. The van der Waals surface area contributed by atoms with Crippen LogP contribution in [0.1, 0.15) is 20.9 Å². The van der Waals surface area contributed by atoms with Crippen LogP contribution in [0.15, 0.2) is 46.0 Å². The lowest BCUT2D eigenvalue weighted by Gasteiger charge is -2.01. The Labute approximate surface area is 153 Å². The van der Waals surface area contributed by atoms with Gasteiger partial charge in [0.25, 0.3) is 5.91 Å². The summed E-state index contributed by atoms with van der Waals surface area (Å²) >= 11 is 2.44. The lowest BCUT2D eigenvalue weighted by atomic mass is 10.2. The number of thiazole rings is 1. The monoisotopic (exact) mass is 393 g/mol. The number of nitrogens with zero attached hydrogens (tertiary/aromatic N) is 1. The molecule has 0 saturated carbocycles. The Morgan fingerprint density at radius 3 is 2.56 bits per heavy atom. The summed E-state index contributed by atoms with van der Waals surface area (Å²) in [5.74, 6) is -0.305. The molecule has 3 aromatic rings. The molecule has 130 valence electrons. The first-order valence-electron chi connectivity index (χ1n) is 7.25. The highest BCUT2D eigenvalue weighted by molar-refractivity contribution is 7.91. The summed E-state index contributed by atoms with van der Waals surface area (Å²) in [7, 11) is -3.71. The van der Waals surface area contributed by atoms with Gasteiger partial charge in [-0.1, -0.05) is 29.8 Å². The molecule has 3 rings (SSSR count). The number of amides is 1. The molecule has 0 spiro atoms. The number of aryl methyl sites for hydroxylation is 1. The SMILES string of the molecule is Cc1ccc(-c2nc(C(=O)NCc3ccc(S(N)(=O)=O)s3)cs2)cc1. The fourth-order valence-corrected chi connectivity index (χ4v) is 4.60. The minimum Gasteiger partial charge on any atom is -0.346 e. The van der Waals surface area contributed by atoms with E-state index >= 15 is 0 Å². The Balaban J connectivity index is 1.66. The van der Waals surface area contributed by atoms with Gasteiger partial charge in [0.2, 0.25) is 10.0 Å². The van der Waals surface area contributed by atoms with Gasteiger partial charge in [-0.2, -0.15) is 0 Å². The van der Waals surface area contributed by atoms with Crippen molar-refractivity contribution in [1.29, 1.82) is 0 Å². The number of thiophene rings is 1. The zero-order valence-electron chi connectivity index (χ0n) is 13.2. The van der Waals surface area contributed by atoms with Gasteiger partial charge in [0.1, 0.15) is 14.9 Å². The minimum absolute atomic E-state index is 0.0760. The van der Waals surface area contributed by atoms with E-state index in [4.69, 9.17) is 5.14 Å². The van der Waals surface area contributed by atoms with Crippen LogP contribution in [0.25, 0.3) is 10.6 Å².